The molecule has 0 amide bonds. The van der Waals surface area contributed by atoms with Crippen LogP contribution >= 0.6 is 0 Å². The first-order valence-electron chi connectivity index (χ1n) is 9.67. The van der Waals surface area contributed by atoms with E-state index in [-0.39, 0.29) is 0 Å². The van der Waals surface area contributed by atoms with Crippen LogP contribution in [0.3, 0.4) is 0 Å². The third-order valence-electron chi connectivity index (χ3n) is 5.43. The van der Waals surface area contributed by atoms with Crippen LogP contribution in [0.15, 0.2) is 72.8 Å². The fourth-order valence-electron chi connectivity index (χ4n) is 4.10. The van der Waals surface area contributed by atoms with Crippen molar-refractivity contribution >= 4 is 21.5 Å². The summed E-state index contributed by atoms with van der Waals surface area (Å²) < 4.78 is 0. The van der Waals surface area contributed by atoms with Gasteiger partial charge in [0.05, 0.1) is 11.2 Å². The van der Waals surface area contributed by atoms with Crippen LogP contribution in [0.25, 0.3) is 32.7 Å². The second-order valence-corrected chi connectivity index (χ2v) is 8.54. The van der Waals surface area contributed by atoms with E-state index in [1.165, 1.54) is 0 Å². The van der Waals surface area contributed by atoms with E-state index in [1.54, 1.807) is 0 Å². The average molecular weight is 370 g/mol. The Hall–Kier alpha value is -2.68. The highest BCUT2D eigenvalue weighted by molar-refractivity contribution is 6.08. The summed E-state index contributed by atoms with van der Waals surface area (Å²) in [7, 11) is 0. The van der Waals surface area contributed by atoms with Gasteiger partial charge in [-0.15, -0.1) is 0 Å². The van der Waals surface area contributed by atoms with Gasteiger partial charge in [-0.1, -0.05) is 72.8 Å². The molecule has 0 fully saturated rings. The van der Waals surface area contributed by atoms with Crippen LogP contribution in [-0.2, 0) is 11.2 Å². The van der Waals surface area contributed by atoms with Gasteiger partial charge in [-0.3, -0.25) is 0 Å². The molecule has 0 saturated heterocycles. The van der Waals surface area contributed by atoms with Crippen molar-refractivity contribution in [2.45, 2.75) is 38.9 Å². The third kappa shape index (κ3) is 3.09. The zero-order chi connectivity index (χ0) is 20.1. The van der Waals surface area contributed by atoms with Crippen LogP contribution < -0.4 is 0 Å². The van der Waals surface area contributed by atoms with Crippen LogP contribution in [0.5, 0.6) is 0 Å². The van der Waals surface area contributed by atoms with Gasteiger partial charge in [-0.25, -0.2) is 0 Å². The smallest absolute Gasteiger partial charge is 0.0846 e. The topological polar surface area (TPSA) is 40.5 Å². The lowest BCUT2D eigenvalue weighted by molar-refractivity contribution is 0.0769. The second kappa shape index (κ2) is 6.44. The van der Waals surface area contributed by atoms with Crippen molar-refractivity contribution < 1.29 is 10.2 Å². The highest BCUT2D eigenvalue weighted by Crippen LogP contribution is 2.44. The maximum absolute atomic E-state index is 11.0. The lowest BCUT2D eigenvalue weighted by Crippen LogP contribution is -2.20. The summed E-state index contributed by atoms with van der Waals surface area (Å²) in [6, 6.07) is 24.6. The number of hydrogen-bond donors (Lipinski definition) is 2. The molecule has 4 rings (SSSR count). The molecule has 0 radical (unpaired) electrons. The van der Waals surface area contributed by atoms with Crippen molar-refractivity contribution in [3.05, 3.63) is 83.9 Å². The van der Waals surface area contributed by atoms with Crippen molar-refractivity contribution in [3.63, 3.8) is 0 Å². The van der Waals surface area contributed by atoms with Gasteiger partial charge < -0.3 is 10.2 Å². The molecule has 0 aliphatic carbocycles. The average Bonchev–Trinajstić information content (AvgIpc) is 2.64. The SMILES string of the molecule is CC(C)(O)c1ccc2ccccc2c1-c1c(C(C)(C)O)ccc2ccccc12. The molecule has 28 heavy (non-hydrogen) atoms. The van der Waals surface area contributed by atoms with E-state index in [1.807, 2.05) is 64.1 Å². The number of benzene rings is 4. The fraction of sp³-hybridized carbons (Fsp3) is 0.231. The molecule has 0 heterocycles. The Morgan fingerprint density at radius 2 is 0.857 bits per heavy atom. The van der Waals surface area contributed by atoms with E-state index < -0.39 is 11.2 Å². The Kier molecular flexibility index (Phi) is 4.29. The Morgan fingerprint density at radius 1 is 0.500 bits per heavy atom. The largest absolute Gasteiger partial charge is 0.386 e. The van der Waals surface area contributed by atoms with Crippen molar-refractivity contribution in [1.29, 1.82) is 0 Å². The number of fused-ring (bicyclic) bond motifs is 2. The molecule has 4 aromatic rings. The van der Waals surface area contributed by atoms with Crippen LogP contribution in [0.1, 0.15) is 38.8 Å². The Morgan fingerprint density at radius 3 is 1.21 bits per heavy atom. The first kappa shape index (κ1) is 18.7. The lowest BCUT2D eigenvalue weighted by Gasteiger charge is -2.29. The minimum absolute atomic E-state index is 0.855. The molecule has 0 spiro atoms. The molecule has 0 atom stereocenters. The van der Waals surface area contributed by atoms with E-state index in [0.717, 1.165) is 43.8 Å². The monoisotopic (exact) mass is 370 g/mol. The van der Waals surface area contributed by atoms with Gasteiger partial charge in [0.25, 0.3) is 0 Å². The minimum atomic E-state index is -1.02. The van der Waals surface area contributed by atoms with Gasteiger partial charge in [0.1, 0.15) is 0 Å². The molecule has 0 bridgehead atoms. The number of rotatable bonds is 3. The quantitative estimate of drug-likeness (QED) is 0.456. The fourth-order valence-corrected chi connectivity index (χ4v) is 4.10. The summed E-state index contributed by atoms with van der Waals surface area (Å²) in [5.74, 6) is 0. The van der Waals surface area contributed by atoms with Gasteiger partial charge in [0.15, 0.2) is 0 Å². The van der Waals surface area contributed by atoms with Gasteiger partial charge >= 0.3 is 0 Å². The zero-order valence-electron chi connectivity index (χ0n) is 16.8. The predicted molar refractivity (Wildman–Crippen MR) is 117 cm³/mol. The minimum Gasteiger partial charge on any atom is -0.386 e. The highest BCUT2D eigenvalue weighted by atomic mass is 16.3. The summed E-state index contributed by atoms with van der Waals surface area (Å²) in [6.45, 7) is 7.26. The normalized spacial score (nSPS) is 12.6. The summed E-state index contributed by atoms with van der Waals surface area (Å²) in [6.07, 6.45) is 0. The molecule has 4 aromatic carbocycles. The molecule has 2 N–H and O–H groups in total. The van der Waals surface area contributed by atoms with Crippen LogP contribution in [-0.4, -0.2) is 10.2 Å². The van der Waals surface area contributed by atoms with Crippen LogP contribution in [0, 0.1) is 0 Å². The van der Waals surface area contributed by atoms with Crippen molar-refractivity contribution in [2.75, 3.05) is 0 Å². The molecule has 0 aromatic heterocycles. The first-order chi connectivity index (χ1) is 13.2. The molecule has 0 aliphatic rings. The summed E-state index contributed by atoms with van der Waals surface area (Å²) in [4.78, 5) is 0. The van der Waals surface area contributed by atoms with E-state index in [0.29, 0.717) is 0 Å². The van der Waals surface area contributed by atoms with Gasteiger partial charge in [0.2, 0.25) is 0 Å². The van der Waals surface area contributed by atoms with Crippen molar-refractivity contribution in [3.8, 4) is 11.1 Å². The Labute approximate surface area is 166 Å². The first-order valence-corrected chi connectivity index (χ1v) is 9.67. The molecule has 0 unspecified atom stereocenters. The van der Waals surface area contributed by atoms with E-state index in [4.69, 9.17) is 0 Å². The third-order valence-corrected chi connectivity index (χ3v) is 5.43. The van der Waals surface area contributed by atoms with E-state index in [9.17, 15) is 10.2 Å². The summed E-state index contributed by atoms with van der Waals surface area (Å²) in [5.41, 5.74) is 1.64. The molecule has 2 nitrogen and oxygen atoms in total. The molecule has 0 saturated carbocycles. The van der Waals surface area contributed by atoms with Crippen molar-refractivity contribution in [2.24, 2.45) is 0 Å². The number of hydrogen-bond acceptors (Lipinski definition) is 2. The van der Waals surface area contributed by atoms with E-state index in [2.05, 4.69) is 36.4 Å². The van der Waals surface area contributed by atoms with Crippen molar-refractivity contribution in [1.82, 2.24) is 0 Å². The molecule has 0 aliphatic heterocycles. The number of aliphatic hydroxyl groups is 2. The molecule has 2 heteroatoms. The standard InChI is InChI=1S/C26H26O2/c1-25(2,27)21-15-13-17-9-5-7-11-19(17)23(21)24-20-12-8-6-10-18(20)14-16-22(24)26(3,4)28/h5-16,27-28H,1-4H3. The van der Waals surface area contributed by atoms with Gasteiger partial charge in [-0.05, 0) is 71.5 Å². The van der Waals surface area contributed by atoms with Gasteiger partial charge in [0, 0.05) is 0 Å². The lowest BCUT2D eigenvalue weighted by atomic mass is 9.79. The van der Waals surface area contributed by atoms with Gasteiger partial charge in [-0.2, -0.15) is 0 Å². The maximum atomic E-state index is 11.0. The molecule has 142 valence electrons. The summed E-state index contributed by atoms with van der Waals surface area (Å²) >= 11 is 0. The maximum Gasteiger partial charge on any atom is 0.0846 e. The summed E-state index contributed by atoms with van der Waals surface area (Å²) in [5, 5.41) is 26.4. The Balaban J connectivity index is 2.27. The molecular weight excluding hydrogens is 344 g/mol. The predicted octanol–water partition coefficient (Wildman–Crippen LogP) is 6.11. The van der Waals surface area contributed by atoms with E-state index >= 15 is 0 Å². The highest BCUT2D eigenvalue weighted by Gasteiger charge is 2.28. The molecular formula is C26H26O2. The van der Waals surface area contributed by atoms with Crippen LogP contribution in [0.4, 0.5) is 0 Å². The Bertz CT molecular complexity index is 1080. The van der Waals surface area contributed by atoms with Crippen LogP contribution in [0.2, 0.25) is 0 Å². The second-order valence-electron chi connectivity index (χ2n) is 8.54. The zero-order valence-corrected chi connectivity index (χ0v) is 16.8.